The van der Waals surface area contributed by atoms with Crippen molar-refractivity contribution >= 4 is 55.8 Å². The number of anilines is 1. The van der Waals surface area contributed by atoms with E-state index in [1.807, 2.05) is 74.7 Å². The van der Waals surface area contributed by atoms with E-state index in [0.717, 1.165) is 48.4 Å². The third-order valence-electron chi connectivity index (χ3n) is 7.34. The molecule has 9 nitrogen and oxygen atoms in total. The zero-order chi connectivity index (χ0) is 29.9. The maximum atomic E-state index is 12.6. The Hall–Kier alpha value is -3.54. The topological polar surface area (TPSA) is 113 Å². The highest BCUT2D eigenvalue weighted by atomic mass is 35.5. The summed E-state index contributed by atoms with van der Waals surface area (Å²) in [6.45, 7) is 8.77. The minimum Gasteiger partial charge on any atom is -0.479 e. The summed E-state index contributed by atoms with van der Waals surface area (Å²) in [6.07, 6.45) is -1.98. The van der Waals surface area contributed by atoms with Gasteiger partial charge in [0.25, 0.3) is 0 Å². The number of carboxylic acids is 1. The molecule has 11 heteroatoms. The van der Waals surface area contributed by atoms with Crippen molar-refractivity contribution in [3.63, 3.8) is 0 Å². The number of ether oxygens (including phenoxy) is 1. The van der Waals surface area contributed by atoms with Crippen molar-refractivity contribution in [3.8, 4) is 21.7 Å². The lowest BCUT2D eigenvalue weighted by Crippen LogP contribution is -2.35. The van der Waals surface area contributed by atoms with Gasteiger partial charge in [-0.15, -0.1) is 11.3 Å². The lowest BCUT2D eigenvalue weighted by Gasteiger charge is -2.28. The Labute approximate surface area is 252 Å². The van der Waals surface area contributed by atoms with Crippen LogP contribution in [0.4, 0.5) is 5.82 Å². The Morgan fingerprint density at radius 1 is 1.17 bits per heavy atom. The molecule has 1 fully saturated rings. The van der Waals surface area contributed by atoms with E-state index in [4.69, 9.17) is 26.4 Å². The van der Waals surface area contributed by atoms with E-state index < -0.39 is 24.0 Å². The first-order valence-corrected chi connectivity index (χ1v) is 14.9. The Kier molecular flexibility index (Phi) is 7.23. The molecule has 0 radical (unpaired) electrons. The number of aryl methyl sites for hydroxylation is 2. The van der Waals surface area contributed by atoms with Crippen molar-refractivity contribution in [2.24, 2.45) is 7.05 Å². The van der Waals surface area contributed by atoms with Crippen LogP contribution in [0.5, 0.6) is 0 Å². The van der Waals surface area contributed by atoms with Crippen LogP contribution in [0.25, 0.3) is 42.8 Å². The Morgan fingerprint density at radius 3 is 2.52 bits per heavy atom. The van der Waals surface area contributed by atoms with Gasteiger partial charge < -0.3 is 19.8 Å². The SMILES string of the molecule is Cc1cc2nc(-c3ccc4c(c3)c(N3CCNC3O)nn4C)sc2c(-c2ccc(Cl)cc2)c1[C@H](OC(C)(C)C)C(=O)O. The number of aliphatic hydroxyl groups is 1. The number of halogens is 1. The zero-order valence-corrected chi connectivity index (χ0v) is 25.5. The van der Waals surface area contributed by atoms with E-state index in [2.05, 4.69) is 11.4 Å². The van der Waals surface area contributed by atoms with Gasteiger partial charge in [0.2, 0.25) is 0 Å². The molecular weight excluding hydrogens is 574 g/mol. The highest BCUT2D eigenvalue weighted by Gasteiger charge is 2.32. The number of carboxylic acid groups (broad SMARTS) is 1. The number of hydrogen-bond acceptors (Lipinski definition) is 8. The molecular formula is C31H32ClN5O4S. The fraction of sp³-hybridized carbons (Fsp3) is 0.323. The molecule has 2 aromatic heterocycles. The second-order valence-corrected chi connectivity index (χ2v) is 12.9. The average molecular weight is 606 g/mol. The molecule has 5 aromatic rings. The molecule has 1 aliphatic rings. The number of rotatable bonds is 6. The van der Waals surface area contributed by atoms with Gasteiger partial charge in [-0.05, 0) is 75.2 Å². The summed E-state index contributed by atoms with van der Waals surface area (Å²) >= 11 is 7.74. The fourth-order valence-electron chi connectivity index (χ4n) is 5.52. The van der Waals surface area contributed by atoms with Crippen LogP contribution in [0, 0.1) is 6.92 Å². The molecule has 2 atom stereocenters. The van der Waals surface area contributed by atoms with E-state index >= 15 is 0 Å². The quantitative estimate of drug-likeness (QED) is 0.213. The van der Waals surface area contributed by atoms with Gasteiger partial charge >= 0.3 is 5.97 Å². The maximum absolute atomic E-state index is 12.6. The Bertz CT molecular complexity index is 1830. The zero-order valence-electron chi connectivity index (χ0n) is 24.0. The lowest BCUT2D eigenvalue weighted by atomic mass is 9.91. The highest BCUT2D eigenvalue weighted by molar-refractivity contribution is 7.22. The highest BCUT2D eigenvalue weighted by Crippen LogP contribution is 2.45. The Balaban J connectivity index is 1.56. The number of aliphatic carboxylic acids is 1. The second-order valence-electron chi connectivity index (χ2n) is 11.5. The molecule has 6 rings (SSSR count). The standard InChI is InChI=1S/C31H32ClN5O4S/c1-16-14-21-26(24(17-6-9-19(32)10-7-17)23(16)25(29(38)39)41-31(2,3)4)42-28(34-21)18-8-11-22-20(15-18)27(35-36(22)5)37-13-12-33-30(37)40/h6-11,14-15,25,30,33,40H,12-13H2,1-5H3,(H,38,39)/t25-,30?/m0/s1. The monoisotopic (exact) mass is 605 g/mol. The number of aliphatic hydroxyl groups excluding tert-OH is 1. The number of nitrogens with zero attached hydrogens (tertiary/aromatic N) is 4. The molecule has 0 bridgehead atoms. The smallest absolute Gasteiger partial charge is 0.337 e. The first-order valence-electron chi connectivity index (χ1n) is 13.7. The summed E-state index contributed by atoms with van der Waals surface area (Å²) in [5, 5.41) is 30.8. The van der Waals surface area contributed by atoms with Gasteiger partial charge in [0.15, 0.2) is 18.3 Å². The number of fused-ring (bicyclic) bond motifs is 2. The largest absolute Gasteiger partial charge is 0.479 e. The third kappa shape index (κ3) is 5.14. The molecule has 42 heavy (non-hydrogen) atoms. The number of thiazole rings is 1. The van der Waals surface area contributed by atoms with E-state index in [1.165, 1.54) is 11.3 Å². The molecule has 1 aliphatic heterocycles. The lowest BCUT2D eigenvalue weighted by molar-refractivity contribution is -0.160. The number of hydrogen-bond donors (Lipinski definition) is 3. The van der Waals surface area contributed by atoms with Gasteiger partial charge in [0, 0.05) is 47.2 Å². The Morgan fingerprint density at radius 2 is 1.88 bits per heavy atom. The molecule has 3 aromatic carbocycles. The first kappa shape index (κ1) is 28.6. The second kappa shape index (κ2) is 10.6. The first-order chi connectivity index (χ1) is 19.9. The van der Waals surface area contributed by atoms with Crippen molar-refractivity contribution in [1.29, 1.82) is 0 Å². The molecule has 1 saturated heterocycles. The molecule has 0 spiro atoms. The fourth-order valence-corrected chi connectivity index (χ4v) is 6.77. The maximum Gasteiger partial charge on any atom is 0.337 e. The van der Waals surface area contributed by atoms with Gasteiger partial charge in [-0.3, -0.25) is 10.00 Å². The van der Waals surface area contributed by atoms with Crippen molar-refractivity contribution in [2.75, 3.05) is 18.0 Å². The molecule has 218 valence electrons. The normalized spacial score (nSPS) is 16.5. The predicted octanol–water partition coefficient (Wildman–Crippen LogP) is 6.11. The van der Waals surface area contributed by atoms with Crippen LogP contribution in [-0.4, -0.2) is 56.0 Å². The van der Waals surface area contributed by atoms with E-state index in [0.29, 0.717) is 29.5 Å². The van der Waals surface area contributed by atoms with Gasteiger partial charge in [-0.1, -0.05) is 23.7 Å². The summed E-state index contributed by atoms with van der Waals surface area (Å²) in [4.78, 5) is 19.5. The van der Waals surface area contributed by atoms with Gasteiger partial charge in [0.1, 0.15) is 5.01 Å². The summed E-state index contributed by atoms with van der Waals surface area (Å²) in [5.74, 6) is -0.350. The number of nitrogens with one attached hydrogen (secondary N) is 1. The van der Waals surface area contributed by atoms with Crippen LogP contribution in [-0.2, 0) is 16.6 Å². The van der Waals surface area contributed by atoms with Gasteiger partial charge in [0.05, 0.1) is 21.3 Å². The van der Waals surface area contributed by atoms with E-state index in [9.17, 15) is 15.0 Å². The minimum atomic E-state index is -1.18. The van der Waals surface area contributed by atoms with E-state index in [1.54, 1.807) is 12.1 Å². The predicted molar refractivity (Wildman–Crippen MR) is 167 cm³/mol. The molecule has 0 amide bonds. The van der Waals surface area contributed by atoms with Crippen LogP contribution in [0.2, 0.25) is 5.02 Å². The summed E-state index contributed by atoms with van der Waals surface area (Å²) in [7, 11) is 1.89. The third-order valence-corrected chi connectivity index (χ3v) is 8.73. The van der Waals surface area contributed by atoms with Crippen LogP contribution < -0.4 is 10.2 Å². The van der Waals surface area contributed by atoms with Crippen molar-refractivity contribution in [2.45, 2.75) is 45.8 Å². The number of aromatic nitrogens is 3. The summed E-state index contributed by atoms with van der Waals surface area (Å²) < 4.78 is 8.81. The van der Waals surface area contributed by atoms with Gasteiger partial charge in [-0.2, -0.15) is 5.10 Å². The number of carbonyl (C=O) groups is 1. The van der Waals surface area contributed by atoms with Crippen LogP contribution >= 0.6 is 22.9 Å². The molecule has 3 N–H and O–H groups in total. The molecule has 1 unspecified atom stereocenters. The van der Waals surface area contributed by atoms with Gasteiger partial charge in [-0.25, -0.2) is 9.78 Å². The molecule has 0 saturated carbocycles. The molecule has 0 aliphatic carbocycles. The average Bonchev–Trinajstić information content (AvgIpc) is 3.63. The van der Waals surface area contributed by atoms with Crippen molar-refractivity contribution < 1.29 is 19.7 Å². The summed E-state index contributed by atoms with van der Waals surface area (Å²) in [6, 6.07) is 15.4. The van der Waals surface area contributed by atoms with Crippen LogP contribution in [0.3, 0.4) is 0 Å². The van der Waals surface area contributed by atoms with Crippen molar-refractivity contribution in [3.05, 3.63) is 64.7 Å². The molecule has 3 heterocycles. The van der Waals surface area contributed by atoms with Crippen molar-refractivity contribution in [1.82, 2.24) is 20.1 Å². The van der Waals surface area contributed by atoms with Crippen LogP contribution in [0.1, 0.15) is 38.0 Å². The number of benzene rings is 3. The van der Waals surface area contributed by atoms with E-state index in [-0.39, 0.29) is 0 Å². The minimum absolute atomic E-state index is 0.591. The van der Waals surface area contributed by atoms with Crippen LogP contribution in [0.15, 0.2) is 48.5 Å². The summed E-state index contributed by atoms with van der Waals surface area (Å²) in [5.41, 5.74) is 4.92.